The lowest BCUT2D eigenvalue weighted by Crippen LogP contribution is -2.20. The van der Waals surface area contributed by atoms with Crippen LogP contribution in [-0.4, -0.2) is 20.1 Å². The Bertz CT molecular complexity index is 543. The molecule has 2 aromatic rings. The van der Waals surface area contributed by atoms with Crippen LogP contribution in [0.3, 0.4) is 0 Å². The lowest BCUT2D eigenvalue weighted by Gasteiger charge is -2.19. The van der Waals surface area contributed by atoms with Crippen molar-refractivity contribution < 1.29 is 0 Å². The van der Waals surface area contributed by atoms with Gasteiger partial charge in [-0.25, -0.2) is 0 Å². The third kappa shape index (κ3) is 4.07. The summed E-state index contributed by atoms with van der Waals surface area (Å²) in [6.45, 7) is 1.85. The number of nitrogens with two attached hydrogens (primary N) is 1. The lowest BCUT2D eigenvalue weighted by molar-refractivity contribution is 0.817. The molecular formula is C16H20ClN3. The fourth-order valence-corrected chi connectivity index (χ4v) is 2.20. The molecule has 0 fully saturated rings. The molecule has 20 heavy (non-hydrogen) atoms. The van der Waals surface area contributed by atoms with Gasteiger partial charge < -0.3 is 16.0 Å². The van der Waals surface area contributed by atoms with Gasteiger partial charge in [0.25, 0.3) is 0 Å². The number of halogens is 1. The molecule has 0 aliphatic heterocycles. The Balaban J connectivity index is 1.78. The number of benzene rings is 2. The van der Waals surface area contributed by atoms with E-state index in [0.29, 0.717) is 5.02 Å². The maximum absolute atomic E-state index is 5.96. The van der Waals surface area contributed by atoms with Crippen LogP contribution in [-0.2, 0) is 0 Å². The van der Waals surface area contributed by atoms with E-state index >= 15 is 0 Å². The van der Waals surface area contributed by atoms with Crippen LogP contribution in [0.4, 0.5) is 17.1 Å². The number of para-hydroxylation sites is 1. The molecule has 0 amide bonds. The molecule has 2 rings (SSSR count). The second-order valence-electron chi connectivity index (χ2n) is 4.77. The fraction of sp³-hybridized carbons (Fsp3) is 0.250. The van der Waals surface area contributed by atoms with Gasteiger partial charge in [-0.2, -0.15) is 0 Å². The third-order valence-corrected chi connectivity index (χ3v) is 3.43. The highest BCUT2D eigenvalue weighted by atomic mass is 35.5. The molecule has 0 radical (unpaired) electrons. The zero-order valence-electron chi connectivity index (χ0n) is 11.6. The first kappa shape index (κ1) is 14.5. The summed E-state index contributed by atoms with van der Waals surface area (Å²) in [6.07, 6.45) is 1.03. The van der Waals surface area contributed by atoms with Gasteiger partial charge in [-0.3, -0.25) is 0 Å². The van der Waals surface area contributed by atoms with Crippen LogP contribution in [0.15, 0.2) is 48.5 Å². The van der Waals surface area contributed by atoms with Crippen LogP contribution in [0.1, 0.15) is 6.42 Å². The third-order valence-electron chi connectivity index (χ3n) is 3.20. The van der Waals surface area contributed by atoms with Gasteiger partial charge in [0.2, 0.25) is 0 Å². The molecule has 0 aromatic heterocycles. The monoisotopic (exact) mass is 289 g/mol. The minimum Gasteiger partial charge on any atom is -0.397 e. The van der Waals surface area contributed by atoms with Crippen molar-refractivity contribution in [3.8, 4) is 0 Å². The number of anilines is 3. The van der Waals surface area contributed by atoms with Crippen LogP contribution in [0.2, 0.25) is 5.02 Å². The van der Waals surface area contributed by atoms with Crippen LogP contribution in [0.25, 0.3) is 0 Å². The first-order valence-electron chi connectivity index (χ1n) is 6.72. The van der Waals surface area contributed by atoms with Crippen molar-refractivity contribution in [3.63, 3.8) is 0 Å². The summed E-state index contributed by atoms with van der Waals surface area (Å²) >= 11 is 5.96. The Morgan fingerprint density at radius 3 is 2.65 bits per heavy atom. The van der Waals surface area contributed by atoms with E-state index in [1.165, 1.54) is 5.69 Å². The van der Waals surface area contributed by atoms with Gasteiger partial charge in [0.1, 0.15) is 0 Å². The molecule has 4 heteroatoms. The van der Waals surface area contributed by atoms with Crippen molar-refractivity contribution in [2.24, 2.45) is 0 Å². The molecule has 0 atom stereocenters. The first-order valence-corrected chi connectivity index (χ1v) is 7.09. The largest absolute Gasteiger partial charge is 0.397 e. The molecule has 0 saturated heterocycles. The maximum Gasteiger partial charge on any atom is 0.0588 e. The summed E-state index contributed by atoms with van der Waals surface area (Å²) in [4.78, 5) is 2.24. The number of nitrogens with zero attached hydrogens (tertiary/aromatic N) is 1. The quantitative estimate of drug-likeness (QED) is 0.627. The van der Waals surface area contributed by atoms with E-state index in [-0.39, 0.29) is 0 Å². The number of nitrogen functional groups attached to an aromatic ring is 1. The second kappa shape index (κ2) is 7.06. The molecule has 3 nitrogen and oxygen atoms in total. The second-order valence-corrected chi connectivity index (χ2v) is 5.21. The lowest BCUT2D eigenvalue weighted by atomic mass is 10.2. The van der Waals surface area contributed by atoms with E-state index in [1.54, 1.807) is 6.07 Å². The highest BCUT2D eigenvalue weighted by Gasteiger charge is 2.01. The van der Waals surface area contributed by atoms with Crippen LogP contribution in [0, 0.1) is 0 Å². The van der Waals surface area contributed by atoms with E-state index in [1.807, 2.05) is 18.2 Å². The Morgan fingerprint density at radius 1 is 1.15 bits per heavy atom. The molecule has 3 N–H and O–H groups in total. The minimum absolute atomic E-state index is 0.697. The SMILES string of the molecule is CN(CCCNc1cc(Cl)ccc1N)c1ccccc1. The molecule has 0 aliphatic rings. The highest BCUT2D eigenvalue weighted by molar-refractivity contribution is 6.31. The van der Waals surface area contributed by atoms with E-state index in [9.17, 15) is 0 Å². The van der Waals surface area contributed by atoms with Gasteiger partial charge in [-0.15, -0.1) is 0 Å². The standard InChI is InChI=1S/C16H20ClN3/c1-20(14-6-3-2-4-7-14)11-5-10-19-16-12-13(17)8-9-15(16)18/h2-4,6-9,12,19H,5,10-11,18H2,1H3. The Kier molecular flexibility index (Phi) is 5.13. The molecule has 0 spiro atoms. The fourth-order valence-electron chi connectivity index (χ4n) is 2.03. The van der Waals surface area contributed by atoms with Crippen molar-refractivity contribution in [3.05, 3.63) is 53.6 Å². The van der Waals surface area contributed by atoms with Gasteiger partial charge in [0.15, 0.2) is 0 Å². The molecule has 0 heterocycles. The average Bonchev–Trinajstić information content (AvgIpc) is 2.47. The predicted octanol–water partition coefficient (Wildman–Crippen LogP) is 3.86. The highest BCUT2D eigenvalue weighted by Crippen LogP contribution is 2.22. The molecule has 106 valence electrons. The topological polar surface area (TPSA) is 41.3 Å². The summed E-state index contributed by atoms with van der Waals surface area (Å²) in [5, 5.41) is 4.02. The number of hydrogen-bond acceptors (Lipinski definition) is 3. The Labute approximate surface area is 125 Å². The molecular weight excluding hydrogens is 270 g/mol. The maximum atomic E-state index is 5.96. The Morgan fingerprint density at radius 2 is 1.90 bits per heavy atom. The zero-order chi connectivity index (χ0) is 14.4. The minimum atomic E-state index is 0.697. The molecule has 0 unspecified atom stereocenters. The van der Waals surface area contributed by atoms with Crippen molar-refractivity contribution in [1.82, 2.24) is 0 Å². The number of rotatable bonds is 6. The zero-order valence-corrected chi connectivity index (χ0v) is 12.4. The molecule has 0 aliphatic carbocycles. The number of hydrogen-bond donors (Lipinski definition) is 2. The van der Waals surface area contributed by atoms with E-state index < -0.39 is 0 Å². The first-order chi connectivity index (χ1) is 9.66. The summed E-state index contributed by atoms with van der Waals surface area (Å²) in [5.74, 6) is 0. The van der Waals surface area contributed by atoms with Gasteiger partial charge in [0, 0.05) is 30.8 Å². The molecule has 0 saturated carbocycles. The normalized spacial score (nSPS) is 10.3. The van der Waals surface area contributed by atoms with E-state index in [0.717, 1.165) is 30.9 Å². The summed E-state index contributed by atoms with van der Waals surface area (Å²) < 4.78 is 0. The summed E-state index contributed by atoms with van der Waals surface area (Å²) in [6, 6.07) is 15.8. The van der Waals surface area contributed by atoms with Crippen LogP contribution in [0.5, 0.6) is 0 Å². The summed E-state index contributed by atoms with van der Waals surface area (Å²) in [7, 11) is 2.10. The van der Waals surface area contributed by atoms with Gasteiger partial charge in [0.05, 0.1) is 11.4 Å². The van der Waals surface area contributed by atoms with Crippen molar-refractivity contribution in [2.75, 3.05) is 36.1 Å². The smallest absolute Gasteiger partial charge is 0.0588 e. The van der Waals surface area contributed by atoms with Gasteiger partial charge in [-0.05, 0) is 36.8 Å². The number of nitrogens with one attached hydrogen (secondary N) is 1. The molecule has 2 aromatic carbocycles. The predicted molar refractivity (Wildman–Crippen MR) is 88.7 cm³/mol. The average molecular weight is 290 g/mol. The van der Waals surface area contributed by atoms with Crippen LogP contribution >= 0.6 is 11.6 Å². The molecule has 0 bridgehead atoms. The van der Waals surface area contributed by atoms with Crippen LogP contribution < -0.4 is 16.0 Å². The van der Waals surface area contributed by atoms with Crippen molar-refractivity contribution in [2.45, 2.75) is 6.42 Å². The van der Waals surface area contributed by atoms with E-state index in [2.05, 4.69) is 41.5 Å². The summed E-state index contributed by atoms with van der Waals surface area (Å²) in [5.41, 5.74) is 8.75. The Hall–Kier alpha value is -1.87. The van der Waals surface area contributed by atoms with E-state index in [4.69, 9.17) is 17.3 Å². The van der Waals surface area contributed by atoms with Crippen molar-refractivity contribution in [1.29, 1.82) is 0 Å². The van der Waals surface area contributed by atoms with Gasteiger partial charge >= 0.3 is 0 Å². The van der Waals surface area contributed by atoms with Gasteiger partial charge in [-0.1, -0.05) is 29.8 Å². The van der Waals surface area contributed by atoms with Crippen molar-refractivity contribution >= 4 is 28.7 Å².